The number of methoxy groups -OCH3 is 3. The van der Waals surface area contributed by atoms with Gasteiger partial charge in [-0.15, -0.1) is 0 Å². The van der Waals surface area contributed by atoms with Gasteiger partial charge in [-0.2, -0.15) is 0 Å². The molecule has 0 radical (unpaired) electrons. The van der Waals surface area contributed by atoms with Crippen LogP contribution in [0.1, 0.15) is 25.0 Å². The molecule has 0 fully saturated rings. The van der Waals surface area contributed by atoms with Crippen molar-refractivity contribution in [1.82, 2.24) is 4.72 Å². The summed E-state index contributed by atoms with van der Waals surface area (Å²) < 4.78 is 103. The second kappa shape index (κ2) is 17.4. The van der Waals surface area contributed by atoms with Gasteiger partial charge in [-0.25, -0.2) is 30.3 Å². The third-order valence-corrected chi connectivity index (χ3v) is 9.52. The zero-order valence-corrected chi connectivity index (χ0v) is 29.3. The minimum atomic E-state index is -3.98. The molecule has 4 rings (SSSR count). The zero-order chi connectivity index (χ0) is 35.5. The number of hydrogen-bond acceptors (Lipinski definition) is 9. The van der Waals surface area contributed by atoms with E-state index < -0.39 is 30.7 Å². The van der Waals surface area contributed by atoms with Crippen LogP contribution in [0.5, 0.6) is 34.5 Å². The lowest BCUT2D eigenvalue weighted by Gasteiger charge is -2.13. The first kappa shape index (κ1) is 38.5. The first-order valence-electron chi connectivity index (χ1n) is 14.5. The van der Waals surface area contributed by atoms with Crippen molar-refractivity contribution in [3.05, 3.63) is 95.6 Å². The van der Waals surface area contributed by atoms with E-state index in [2.05, 4.69) is 4.72 Å². The fourth-order valence-electron chi connectivity index (χ4n) is 4.08. The Morgan fingerprint density at radius 3 is 1.46 bits per heavy atom. The molecule has 0 heterocycles. The highest BCUT2D eigenvalue weighted by molar-refractivity contribution is 8.13. The number of rotatable bonds is 14. The van der Waals surface area contributed by atoms with Crippen molar-refractivity contribution in [3.8, 4) is 34.5 Å². The molecule has 0 saturated heterocycles. The maximum Gasteiger partial charge on any atom is 0.261 e. The first-order chi connectivity index (χ1) is 22.8. The number of benzene rings is 4. The molecular weight excluding hydrogens is 692 g/mol. The predicted octanol–water partition coefficient (Wildman–Crippen LogP) is 7.23. The normalized spacial score (nSPS) is 11.3. The molecule has 0 aliphatic carbocycles. The van der Waals surface area contributed by atoms with Crippen LogP contribution in [0.3, 0.4) is 0 Å². The second-order valence-corrected chi connectivity index (χ2v) is 14.2. The van der Waals surface area contributed by atoms with E-state index in [9.17, 15) is 25.6 Å². The molecule has 0 unspecified atom stereocenters. The monoisotopic (exact) mass is 727 g/mol. The second-order valence-electron chi connectivity index (χ2n) is 9.89. The van der Waals surface area contributed by atoms with Gasteiger partial charge in [0.1, 0.15) is 0 Å². The number of halogens is 3. The highest BCUT2D eigenvalue weighted by Crippen LogP contribution is 2.36. The molecule has 0 aliphatic rings. The Morgan fingerprint density at radius 2 is 1.06 bits per heavy atom. The van der Waals surface area contributed by atoms with Gasteiger partial charge < -0.3 is 23.7 Å². The van der Waals surface area contributed by atoms with Crippen LogP contribution < -0.4 is 23.7 Å². The van der Waals surface area contributed by atoms with E-state index in [-0.39, 0.29) is 34.4 Å². The summed E-state index contributed by atoms with van der Waals surface area (Å²) in [5.41, 5.74) is 2.10. The number of hydrogen-bond donors (Lipinski definition) is 1. The third kappa shape index (κ3) is 10.5. The van der Waals surface area contributed by atoms with E-state index in [0.717, 1.165) is 36.1 Å². The molecule has 0 aliphatic heterocycles. The van der Waals surface area contributed by atoms with Crippen LogP contribution in [0.4, 0.5) is 8.78 Å². The van der Waals surface area contributed by atoms with E-state index in [0.29, 0.717) is 23.0 Å². The molecule has 260 valence electrons. The highest BCUT2D eigenvalue weighted by atomic mass is 35.7. The van der Waals surface area contributed by atoms with Gasteiger partial charge in [0.15, 0.2) is 46.1 Å². The van der Waals surface area contributed by atoms with Crippen LogP contribution in [-0.2, 0) is 36.7 Å². The van der Waals surface area contributed by atoms with Gasteiger partial charge in [-0.1, -0.05) is 26.0 Å². The molecule has 0 aromatic heterocycles. The van der Waals surface area contributed by atoms with Crippen molar-refractivity contribution in [2.24, 2.45) is 0 Å². The standard InChI is InChI=1S/C18H22FNO5S.C15H14ClFO4S/c1-4-13-5-7-17(18(11-13)24-3)25-16-8-6-14(12-15(16)19)26(21,22)20-9-10-23-2;1-3-10-4-6-14(15(8-10)20-2)21-13-7-5-11(9-12(13)17)22(16,18)19/h5-8,11-12,20H,4,9-10H2,1-3H3;4-9H,3H2,1-2H3. The fraction of sp³-hybridized carbons (Fsp3) is 0.273. The lowest BCUT2D eigenvalue weighted by molar-refractivity contribution is 0.204. The van der Waals surface area contributed by atoms with Gasteiger partial charge in [0.05, 0.1) is 30.6 Å². The molecule has 0 amide bonds. The predicted molar refractivity (Wildman–Crippen MR) is 178 cm³/mol. The smallest absolute Gasteiger partial charge is 0.261 e. The topological polar surface area (TPSA) is 126 Å². The molecule has 0 spiro atoms. The summed E-state index contributed by atoms with van der Waals surface area (Å²) in [6, 6.07) is 17.3. The van der Waals surface area contributed by atoms with E-state index in [4.69, 9.17) is 34.4 Å². The summed E-state index contributed by atoms with van der Waals surface area (Å²) in [4.78, 5) is -0.515. The van der Waals surface area contributed by atoms with Crippen molar-refractivity contribution in [2.45, 2.75) is 36.5 Å². The van der Waals surface area contributed by atoms with Gasteiger partial charge in [0.2, 0.25) is 10.0 Å². The van der Waals surface area contributed by atoms with E-state index in [1.54, 1.807) is 18.2 Å². The Hall–Kier alpha value is -3.95. The van der Waals surface area contributed by atoms with Crippen molar-refractivity contribution in [1.29, 1.82) is 0 Å². The quantitative estimate of drug-likeness (QED) is 0.106. The van der Waals surface area contributed by atoms with E-state index in [1.165, 1.54) is 45.6 Å². The largest absolute Gasteiger partial charge is 0.493 e. The Bertz CT molecular complexity index is 1920. The zero-order valence-electron chi connectivity index (χ0n) is 26.9. The lowest BCUT2D eigenvalue weighted by atomic mass is 10.1. The van der Waals surface area contributed by atoms with Gasteiger partial charge in [-0.3, -0.25) is 0 Å². The maximum atomic E-state index is 14.4. The minimum Gasteiger partial charge on any atom is -0.493 e. The average molecular weight is 728 g/mol. The number of nitrogens with one attached hydrogen (secondary N) is 1. The molecule has 4 aromatic carbocycles. The summed E-state index contributed by atoms with van der Waals surface area (Å²) in [7, 11) is 1.81. The Kier molecular flexibility index (Phi) is 14.0. The Morgan fingerprint density at radius 1 is 0.625 bits per heavy atom. The SMILES string of the molecule is CCc1ccc(Oc2ccc(S(=O)(=O)Cl)cc2F)c(OC)c1.CCc1ccc(Oc2ccc(S(=O)(=O)NCCOC)cc2F)c(OC)c1. The molecular formula is C33H36ClF2NO9S2. The average Bonchev–Trinajstić information content (AvgIpc) is 3.06. The molecule has 0 bridgehead atoms. The third-order valence-electron chi connectivity index (χ3n) is 6.71. The van der Waals surface area contributed by atoms with Crippen molar-refractivity contribution >= 4 is 29.8 Å². The minimum absolute atomic E-state index is 0.0941. The highest BCUT2D eigenvalue weighted by Gasteiger charge is 2.18. The fourth-order valence-corrected chi connectivity index (χ4v) is 5.87. The van der Waals surface area contributed by atoms with Crippen molar-refractivity contribution in [3.63, 3.8) is 0 Å². The first-order valence-corrected chi connectivity index (χ1v) is 18.3. The van der Waals surface area contributed by atoms with Crippen LogP contribution in [0.25, 0.3) is 0 Å². The molecule has 15 heteroatoms. The van der Waals surface area contributed by atoms with Crippen LogP contribution >= 0.6 is 10.7 Å². The Balaban J connectivity index is 0.000000264. The van der Waals surface area contributed by atoms with E-state index >= 15 is 0 Å². The Labute approximate surface area is 284 Å². The molecule has 10 nitrogen and oxygen atoms in total. The number of aryl methyl sites for hydroxylation is 2. The van der Waals surface area contributed by atoms with Gasteiger partial charge >= 0.3 is 0 Å². The number of ether oxygens (including phenoxy) is 5. The van der Waals surface area contributed by atoms with Gasteiger partial charge in [0, 0.05) is 24.3 Å². The molecule has 1 N–H and O–H groups in total. The molecule has 4 aromatic rings. The lowest BCUT2D eigenvalue weighted by Crippen LogP contribution is -2.27. The van der Waals surface area contributed by atoms with Crippen LogP contribution in [-0.4, -0.2) is 51.3 Å². The van der Waals surface area contributed by atoms with Crippen LogP contribution in [0, 0.1) is 11.6 Å². The van der Waals surface area contributed by atoms with Crippen LogP contribution in [0.2, 0.25) is 0 Å². The van der Waals surface area contributed by atoms with Crippen molar-refractivity contribution < 1.29 is 49.3 Å². The molecule has 0 saturated carbocycles. The summed E-state index contributed by atoms with van der Waals surface area (Å²) in [5.74, 6) is -0.216. The maximum absolute atomic E-state index is 14.4. The molecule has 48 heavy (non-hydrogen) atoms. The van der Waals surface area contributed by atoms with Gasteiger partial charge in [0.25, 0.3) is 9.05 Å². The van der Waals surface area contributed by atoms with Crippen LogP contribution in [0.15, 0.2) is 82.6 Å². The van der Waals surface area contributed by atoms with Gasteiger partial charge in [-0.05, 0) is 84.6 Å². The summed E-state index contributed by atoms with van der Waals surface area (Å²) >= 11 is 0. The summed E-state index contributed by atoms with van der Waals surface area (Å²) in [6.07, 6.45) is 1.65. The summed E-state index contributed by atoms with van der Waals surface area (Å²) in [5, 5.41) is 0. The summed E-state index contributed by atoms with van der Waals surface area (Å²) in [6.45, 7) is 4.32. The molecule has 0 atom stereocenters. The van der Waals surface area contributed by atoms with E-state index in [1.807, 2.05) is 32.0 Å². The number of sulfonamides is 1. The van der Waals surface area contributed by atoms with Crippen molar-refractivity contribution in [2.75, 3.05) is 34.5 Å².